The summed E-state index contributed by atoms with van der Waals surface area (Å²) in [5.41, 5.74) is 4.80. The van der Waals surface area contributed by atoms with E-state index in [2.05, 4.69) is 198 Å². The van der Waals surface area contributed by atoms with Crippen molar-refractivity contribution in [2.24, 2.45) is 13.9 Å². The summed E-state index contributed by atoms with van der Waals surface area (Å²) in [5.74, 6) is 4.08. The van der Waals surface area contributed by atoms with E-state index in [0.29, 0.717) is 57.3 Å². The topological polar surface area (TPSA) is 854 Å². The van der Waals surface area contributed by atoms with Gasteiger partial charge in [0.1, 0.15) is 44.8 Å². The van der Waals surface area contributed by atoms with Crippen LogP contribution >= 0.6 is 58.0 Å². The summed E-state index contributed by atoms with van der Waals surface area (Å²) in [6, 6.07) is 4.46. The van der Waals surface area contributed by atoms with Gasteiger partial charge in [0, 0.05) is 91.8 Å². The average molecular weight is 1850 g/mol. The summed E-state index contributed by atoms with van der Waals surface area (Å²) >= 11 is 8.05. The Kier molecular flexibility index (Phi) is 48.2. The number of amidine groups is 2. The first-order valence-electron chi connectivity index (χ1n) is 31.7. The van der Waals surface area contributed by atoms with Gasteiger partial charge in [-0.1, -0.05) is 39.4 Å². The van der Waals surface area contributed by atoms with Crippen LogP contribution in [0.2, 0.25) is 0 Å². The fourth-order valence-electron chi connectivity index (χ4n) is 5.67. The molecule has 120 heavy (non-hydrogen) atoms. The van der Waals surface area contributed by atoms with Crippen LogP contribution in [0.4, 0.5) is 0 Å². The Balaban J connectivity index is 0.000000638. The fourth-order valence-corrected chi connectivity index (χ4v) is 9.47. The van der Waals surface area contributed by atoms with Gasteiger partial charge in [-0.25, -0.2) is 69.1 Å². The van der Waals surface area contributed by atoms with Crippen molar-refractivity contribution in [2.45, 2.75) is 118 Å². The SMILES string of the molecule is CC1=NNS(=O)(=O)O1.CC1=NS(=O)(=O)ON1.CC1=NS(=O)ON1.Cc1c[nH]c(=O)[nH]1.Cc1c[nH]c(=O)o1.Cc1c[nH]c(=O)o1.Cc1c[nH]c(=O)s1.Cc1cc(=O)[nH][nH]1.Cc1cc(=O)[nH]o1.Cc1cc(=O)[nH]s1.Cc1n[nH]c(=O)[nH]1.Cc1n[nH]c(=O)o1.Cc1n[nH]c(=O)s1.Cc1n[nH]c(=S)o1.Cc1nc(=O)[nH]o1.Cc1nc(=O)[nH]s1.Cc1nn[nH]n1. The van der Waals surface area contributed by atoms with Crippen molar-refractivity contribution in [2.75, 3.05) is 0 Å². The molecule has 0 radical (unpaired) electrons. The molecule has 0 spiro atoms. The van der Waals surface area contributed by atoms with Crippen LogP contribution in [0.1, 0.15) is 98.5 Å². The number of tetrazole rings is 1. The maximum atomic E-state index is 10.3. The standard InChI is InChI=1S/2C4H6N2O.3C4H5NO2.2C4H5NOS.C3H5N3O.2C3H4N2O2.3C3H4N2OS.C2H4N4.2C2H4N2O3S.C2H4N2O2S/c1-3-2-5-4(7)6-3;1-3-2-4(7)6-5-3;2*1-3-2-5-4(6)7-3;1-3-2-4(6)5-7-3;1-3-2-5-4(6)7-3;1-3-2-4(6)5-7-3;1-2-4-3(7)6-5-2;1-2-4-5-3(6)7-2;1-2-4-3(6)5-7-2;1-2-4-5-3(6)7-2;1-2-4-5-3(7)6-2;1-2-4-3(6)5-7-2;1-2-3-5-6-4-2;1-2-3-4-8(5,6)7-2;1-2-3-7-8(5,6)4-2;1-2-3-6-7(5)4-2/h2*2H,1H3,(H2,5,6,7);5*2H,1H3,(H,5,6);1H3,(H2,4,5,6,7);3*1H3,(H,5,6);1H3,(H,5,7);1H3,(H,5,6);1H3,(H,3,4,5,6);4H,1H3;1H3,(H,3,4);1H3,(H,3,4). The molecule has 0 amide bonds. The molecule has 0 saturated carbocycles. The number of thiazole rings is 1. The highest BCUT2D eigenvalue weighted by Gasteiger charge is 2.18. The van der Waals surface area contributed by atoms with Gasteiger partial charge in [0.05, 0.1) is 0 Å². The number of nitrogens with one attached hydrogen (secondary N) is 20. The van der Waals surface area contributed by atoms with Crippen molar-refractivity contribution in [3.05, 3.63) is 250 Å². The van der Waals surface area contributed by atoms with E-state index in [9.17, 15) is 78.6 Å². The van der Waals surface area contributed by atoms with Crippen LogP contribution in [0.15, 0.2) is 141 Å². The molecule has 0 aliphatic carbocycles. The molecule has 66 heteroatoms. The van der Waals surface area contributed by atoms with Gasteiger partial charge in [-0.15, -0.1) is 38.6 Å². The number of imidazole rings is 1. The number of rotatable bonds is 0. The number of H-pyrrole nitrogens is 17. The van der Waals surface area contributed by atoms with E-state index in [0.717, 1.165) is 42.5 Å². The zero-order valence-corrected chi connectivity index (χ0v) is 71.8. The van der Waals surface area contributed by atoms with Crippen LogP contribution in [0.3, 0.4) is 0 Å². The highest BCUT2D eigenvalue weighted by Crippen LogP contribution is 2.00. The predicted octanol–water partition coefficient (Wildman–Crippen LogP) is -0.194. The van der Waals surface area contributed by atoms with Crippen LogP contribution in [0.25, 0.3) is 0 Å². The minimum atomic E-state index is -3.62. The van der Waals surface area contributed by atoms with E-state index >= 15 is 0 Å². The summed E-state index contributed by atoms with van der Waals surface area (Å²) in [4.78, 5) is 147. The maximum absolute atomic E-state index is 10.3. The Morgan fingerprint density at radius 1 is 0.492 bits per heavy atom. The van der Waals surface area contributed by atoms with Crippen molar-refractivity contribution in [1.82, 2.24) is 146 Å². The maximum Gasteiger partial charge on any atom is 0.434 e. The molecule has 3 aliphatic heterocycles. The van der Waals surface area contributed by atoms with E-state index < -0.39 is 54.8 Å². The number of aromatic amines is 17. The lowest BCUT2D eigenvalue weighted by atomic mass is 10.5. The van der Waals surface area contributed by atoms with E-state index in [1.165, 1.54) is 72.8 Å². The minimum Gasteiger partial charge on any atom is -0.414 e. The summed E-state index contributed by atoms with van der Waals surface area (Å²) in [6.07, 6.45) is 6.36. The molecule has 3 aliphatic rings. The highest BCUT2D eigenvalue weighted by molar-refractivity contribution is 7.85. The van der Waals surface area contributed by atoms with Crippen LogP contribution in [0, 0.1) is 102 Å². The Morgan fingerprint density at radius 2 is 1.14 bits per heavy atom. The lowest BCUT2D eigenvalue weighted by Gasteiger charge is -1.88. The summed E-state index contributed by atoms with van der Waals surface area (Å²) in [6.45, 7) is 29.1. The second kappa shape index (κ2) is 55.6. The van der Waals surface area contributed by atoms with Gasteiger partial charge < -0.3 is 50.9 Å². The normalized spacial score (nSPS) is 12.4. The molecule has 0 fully saturated rings. The first-order valence-corrected chi connectivity index (χ1v) is 39.2. The van der Waals surface area contributed by atoms with Crippen LogP contribution in [-0.4, -0.2) is 169 Å². The molecule has 14 aromatic rings. The number of nitrogens with zero attached hydrogens (tertiary/aromatic N) is 12. The minimum absolute atomic E-state index is 0.00231. The van der Waals surface area contributed by atoms with Gasteiger partial charge in [0.15, 0.2) is 5.82 Å². The molecule has 658 valence electrons. The van der Waals surface area contributed by atoms with E-state index in [-0.39, 0.29) is 55.2 Å². The monoisotopic (exact) mass is 1850 g/mol. The van der Waals surface area contributed by atoms with Gasteiger partial charge in [-0.05, 0) is 114 Å². The number of hydrogen-bond acceptors (Lipinski definition) is 43. The third kappa shape index (κ3) is 55.5. The van der Waals surface area contributed by atoms with Gasteiger partial charge in [0.2, 0.25) is 23.6 Å². The quantitative estimate of drug-likeness (QED) is 0.0875. The van der Waals surface area contributed by atoms with Crippen molar-refractivity contribution < 1.29 is 60.5 Å². The van der Waals surface area contributed by atoms with E-state index in [1.54, 1.807) is 99.5 Å². The summed E-state index contributed by atoms with van der Waals surface area (Å²) < 4.78 is 102. The number of hydrogen-bond donors (Lipinski definition) is 20. The van der Waals surface area contributed by atoms with Gasteiger partial charge in [-0.3, -0.25) is 52.8 Å². The highest BCUT2D eigenvalue weighted by atomic mass is 32.2. The Bertz CT molecular complexity index is 5280. The molecule has 1 unspecified atom stereocenters. The molecule has 20 N–H and O–H groups in total. The van der Waals surface area contributed by atoms with Crippen LogP contribution in [0.5, 0.6) is 0 Å². The van der Waals surface area contributed by atoms with Crippen LogP contribution in [-0.2, 0) is 44.6 Å². The molecule has 58 nitrogen and oxygen atoms in total. The van der Waals surface area contributed by atoms with Gasteiger partial charge >= 0.3 is 81.6 Å². The van der Waals surface area contributed by atoms with Crippen LogP contribution < -0.4 is 82.2 Å². The molecule has 17 heterocycles. The first kappa shape index (κ1) is 104. The smallest absolute Gasteiger partial charge is 0.414 e. The third-order valence-electron chi connectivity index (χ3n) is 10.1. The Hall–Kier alpha value is -13.9. The predicted molar refractivity (Wildman–Crippen MR) is 430 cm³/mol. The average Bonchev–Trinajstić information content (AvgIpc) is 1.75. The molecule has 0 bridgehead atoms. The zero-order chi connectivity index (χ0) is 90.7. The first-order chi connectivity index (χ1) is 56.1. The van der Waals surface area contributed by atoms with Crippen molar-refractivity contribution >= 4 is 107 Å². The lowest BCUT2D eigenvalue weighted by molar-refractivity contribution is 0.281. The van der Waals surface area contributed by atoms with Crippen molar-refractivity contribution in [3.63, 3.8) is 0 Å². The molecule has 14 aromatic heterocycles. The van der Waals surface area contributed by atoms with Crippen molar-refractivity contribution in [1.29, 1.82) is 0 Å². The lowest BCUT2D eigenvalue weighted by Crippen LogP contribution is -2.13. The van der Waals surface area contributed by atoms with E-state index in [1.807, 2.05) is 32.9 Å². The molecule has 0 saturated heterocycles. The summed E-state index contributed by atoms with van der Waals surface area (Å²) in [7, 11) is -7.17. The molecule has 1 atom stereocenters. The number of hydrazone groups is 1. The number of hydroxylamine groups is 2. The molecular formula is C54H78N32O26S8. The Labute approximate surface area is 691 Å². The zero-order valence-electron chi connectivity index (χ0n) is 65.3. The number of oxazole rings is 2. The number of aryl methyl sites for hydroxylation is 14. The van der Waals surface area contributed by atoms with Gasteiger partial charge in [0.25, 0.3) is 21.5 Å². The second-order valence-electron chi connectivity index (χ2n) is 20.9. The Morgan fingerprint density at radius 3 is 1.27 bits per heavy atom. The molecular weight excluding hydrogens is 1770 g/mol. The van der Waals surface area contributed by atoms with Crippen molar-refractivity contribution in [3.8, 4) is 0 Å². The third-order valence-corrected chi connectivity index (χ3v) is 15.3. The number of aromatic nitrogens is 26. The summed E-state index contributed by atoms with van der Waals surface area (Å²) in [5, 5.41) is 49.9. The second-order valence-corrected chi connectivity index (χ2v) is 29.0. The molecule has 0 aromatic carbocycles. The largest absolute Gasteiger partial charge is 0.434 e. The molecule has 17 rings (SSSR count). The fraction of sp³-hybridized carbons (Fsp3) is 0.315. The van der Waals surface area contributed by atoms with E-state index in [4.69, 9.17) is 4.42 Å². The van der Waals surface area contributed by atoms with Gasteiger partial charge in [-0.2, -0.15) is 61.6 Å².